The number of nitrogens with zero attached hydrogens (tertiary/aromatic N) is 1. The summed E-state index contributed by atoms with van der Waals surface area (Å²) in [4.78, 5) is 12.9. The number of sulfonamides is 1. The lowest BCUT2D eigenvalue weighted by Gasteiger charge is -2.25. The normalized spacial score (nSPS) is 12.4. The van der Waals surface area contributed by atoms with E-state index >= 15 is 0 Å². The van der Waals surface area contributed by atoms with Gasteiger partial charge in [-0.2, -0.15) is 0 Å². The fraction of sp³-hybridized carbons (Fsp3) is 0.261. The van der Waals surface area contributed by atoms with Gasteiger partial charge in [0.25, 0.3) is 10.0 Å². The van der Waals surface area contributed by atoms with Crippen LogP contribution in [0.4, 0.5) is 10.1 Å². The third-order valence-corrected chi connectivity index (χ3v) is 8.26. The van der Waals surface area contributed by atoms with Crippen LogP contribution in [0.25, 0.3) is 0 Å². The Bertz CT molecular complexity index is 1140. The molecule has 3 rings (SSSR count). The molecule has 0 radical (unpaired) electrons. The van der Waals surface area contributed by atoms with E-state index in [2.05, 4.69) is 5.32 Å². The first-order valence-electron chi connectivity index (χ1n) is 9.90. The molecule has 0 fully saturated rings. The number of hydrogen-bond acceptors (Lipinski definition) is 4. The summed E-state index contributed by atoms with van der Waals surface area (Å²) in [5.41, 5.74) is 3.48. The van der Waals surface area contributed by atoms with Gasteiger partial charge in [0.05, 0.1) is 11.7 Å². The number of amides is 1. The molecule has 0 aliphatic carbocycles. The number of carbonyl (C=O) groups excluding carboxylic acids is 1. The number of benzene rings is 2. The summed E-state index contributed by atoms with van der Waals surface area (Å²) in [6, 6.07) is 13.9. The lowest BCUT2D eigenvalue weighted by Crippen LogP contribution is -2.41. The van der Waals surface area contributed by atoms with E-state index in [1.807, 2.05) is 39.0 Å². The predicted octanol–water partition coefficient (Wildman–Crippen LogP) is 4.97. The second kappa shape index (κ2) is 9.62. The van der Waals surface area contributed by atoms with Gasteiger partial charge in [-0.1, -0.05) is 31.2 Å². The van der Waals surface area contributed by atoms with Crippen molar-refractivity contribution in [2.24, 2.45) is 0 Å². The number of halogens is 1. The minimum Gasteiger partial charge on any atom is -0.348 e. The Kier molecular flexibility index (Phi) is 7.12. The van der Waals surface area contributed by atoms with Gasteiger partial charge in [-0.05, 0) is 72.7 Å². The number of rotatable bonds is 8. The average Bonchev–Trinajstić information content (AvgIpc) is 3.29. The maximum atomic E-state index is 13.4. The van der Waals surface area contributed by atoms with Crippen LogP contribution in [0.2, 0.25) is 0 Å². The first kappa shape index (κ1) is 23.0. The van der Waals surface area contributed by atoms with Gasteiger partial charge in [0, 0.05) is 0 Å². The molecule has 31 heavy (non-hydrogen) atoms. The van der Waals surface area contributed by atoms with E-state index in [0.29, 0.717) is 6.42 Å². The van der Waals surface area contributed by atoms with Crippen LogP contribution in [-0.4, -0.2) is 20.9 Å². The molecule has 8 heteroatoms. The summed E-state index contributed by atoms with van der Waals surface area (Å²) >= 11 is 1.07. The van der Waals surface area contributed by atoms with Crippen molar-refractivity contribution in [3.8, 4) is 0 Å². The highest BCUT2D eigenvalue weighted by atomic mass is 32.2. The van der Waals surface area contributed by atoms with Crippen LogP contribution in [0.1, 0.15) is 36.1 Å². The van der Waals surface area contributed by atoms with Crippen molar-refractivity contribution in [1.29, 1.82) is 0 Å². The van der Waals surface area contributed by atoms with Crippen LogP contribution in [-0.2, 0) is 14.8 Å². The predicted molar refractivity (Wildman–Crippen MR) is 122 cm³/mol. The number of carbonyl (C=O) groups is 1. The van der Waals surface area contributed by atoms with E-state index in [0.717, 1.165) is 32.3 Å². The lowest BCUT2D eigenvalue weighted by molar-refractivity contribution is -0.120. The van der Waals surface area contributed by atoms with Crippen molar-refractivity contribution in [2.75, 3.05) is 10.8 Å². The Labute approximate surface area is 186 Å². The molecule has 5 nitrogen and oxygen atoms in total. The fourth-order valence-electron chi connectivity index (χ4n) is 3.21. The third-order valence-electron chi connectivity index (χ3n) is 5.12. The Hall–Kier alpha value is -2.71. The molecule has 1 aromatic heterocycles. The molecular weight excluding hydrogens is 435 g/mol. The second-order valence-electron chi connectivity index (χ2n) is 7.29. The minimum atomic E-state index is -3.97. The summed E-state index contributed by atoms with van der Waals surface area (Å²) < 4.78 is 40.9. The summed E-state index contributed by atoms with van der Waals surface area (Å²) in [5.74, 6) is -0.919. The van der Waals surface area contributed by atoms with Crippen molar-refractivity contribution in [3.63, 3.8) is 0 Å². The number of aryl methyl sites for hydroxylation is 2. The van der Waals surface area contributed by atoms with Gasteiger partial charge < -0.3 is 5.32 Å². The molecule has 0 spiro atoms. The first-order chi connectivity index (χ1) is 14.7. The van der Waals surface area contributed by atoms with Crippen LogP contribution in [0, 0.1) is 19.7 Å². The maximum Gasteiger partial charge on any atom is 0.274 e. The quantitative estimate of drug-likeness (QED) is 0.516. The third kappa shape index (κ3) is 5.32. The molecule has 1 heterocycles. The smallest absolute Gasteiger partial charge is 0.274 e. The summed E-state index contributed by atoms with van der Waals surface area (Å²) in [6.45, 7) is 5.58. The average molecular weight is 461 g/mol. The molecule has 1 amide bonds. The van der Waals surface area contributed by atoms with Gasteiger partial charge in [0.1, 0.15) is 16.6 Å². The van der Waals surface area contributed by atoms with Crippen molar-refractivity contribution in [2.45, 2.75) is 37.4 Å². The van der Waals surface area contributed by atoms with Crippen LogP contribution in [0.15, 0.2) is 64.2 Å². The maximum absolute atomic E-state index is 13.4. The largest absolute Gasteiger partial charge is 0.348 e. The topological polar surface area (TPSA) is 66.5 Å². The van der Waals surface area contributed by atoms with E-state index < -0.39 is 28.3 Å². The molecule has 164 valence electrons. The van der Waals surface area contributed by atoms with Gasteiger partial charge in [-0.15, -0.1) is 11.3 Å². The monoisotopic (exact) mass is 460 g/mol. The van der Waals surface area contributed by atoms with Crippen molar-refractivity contribution in [3.05, 3.63) is 82.5 Å². The van der Waals surface area contributed by atoms with Crippen molar-refractivity contribution >= 4 is 33.0 Å². The zero-order valence-corrected chi connectivity index (χ0v) is 19.3. The van der Waals surface area contributed by atoms with Gasteiger partial charge >= 0.3 is 0 Å². The summed E-state index contributed by atoms with van der Waals surface area (Å²) in [5, 5.41) is 4.60. The lowest BCUT2D eigenvalue weighted by atomic mass is 9.99. The molecule has 0 saturated heterocycles. The molecule has 0 aliphatic rings. The number of anilines is 1. The van der Waals surface area contributed by atoms with E-state index in [1.165, 1.54) is 30.3 Å². The molecule has 2 aromatic carbocycles. The molecule has 0 saturated carbocycles. The Morgan fingerprint density at radius 2 is 1.81 bits per heavy atom. The van der Waals surface area contributed by atoms with Crippen molar-refractivity contribution in [1.82, 2.24) is 5.32 Å². The summed E-state index contributed by atoms with van der Waals surface area (Å²) in [6.07, 6.45) is 0.655. The van der Waals surface area contributed by atoms with Crippen LogP contribution in [0.3, 0.4) is 0 Å². The first-order valence-corrected chi connectivity index (χ1v) is 12.2. The van der Waals surface area contributed by atoms with Crippen LogP contribution >= 0.6 is 11.3 Å². The second-order valence-corrected chi connectivity index (χ2v) is 10.3. The SMILES string of the molecule is CCC(NC(=O)CN(c1ccc(F)cc1)S(=O)(=O)c1cccs1)c1ccc(C)c(C)c1. The highest BCUT2D eigenvalue weighted by molar-refractivity contribution is 7.94. The van der Waals surface area contributed by atoms with Gasteiger partial charge in [0.2, 0.25) is 5.91 Å². The van der Waals surface area contributed by atoms with Crippen molar-refractivity contribution < 1.29 is 17.6 Å². The van der Waals surface area contributed by atoms with E-state index in [1.54, 1.807) is 11.4 Å². The van der Waals surface area contributed by atoms with Crippen LogP contribution < -0.4 is 9.62 Å². The zero-order chi connectivity index (χ0) is 22.6. The minimum absolute atomic E-state index is 0.117. The highest BCUT2D eigenvalue weighted by Gasteiger charge is 2.28. The molecule has 0 aliphatic heterocycles. The zero-order valence-electron chi connectivity index (χ0n) is 17.6. The molecule has 1 atom stereocenters. The standard InChI is InChI=1S/C23H25FN2O3S2/c1-4-21(18-8-7-16(2)17(3)14-18)25-22(27)15-26(20-11-9-19(24)10-12-20)31(28,29)23-6-5-13-30-23/h5-14,21H,4,15H2,1-3H3,(H,25,27). The van der Waals surface area contributed by atoms with Gasteiger partial charge in [-0.25, -0.2) is 12.8 Å². The fourth-order valence-corrected chi connectivity index (χ4v) is 5.74. The number of thiophene rings is 1. The van der Waals surface area contributed by atoms with Gasteiger partial charge in [-0.3, -0.25) is 9.10 Å². The summed E-state index contributed by atoms with van der Waals surface area (Å²) in [7, 11) is -3.97. The van der Waals surface area contributed by atoms with E-state index in [-0.39, 0.29) is 15.9 Å². The molecule has 0 bridgehead atoms. The number of hydrogen-bond donors (Lipinski definition) is 1. The molecular formula is C23H25FN2O3S2. The number of nitrogens with one attached hydrogen (secondary N) is 1. The highest BCUT2D eigenvalue weighted by Crippen LogP contribution is 2.27. The van der Waals surface area contributed by atoms with E-state index in [4.69, 9.17) is 0 Å². The Morgan fingerprint density at radius 3 is 2.39 bits per heavy atom. The molecule has 1 unspecified atom stereocenters. The van der Waals surface area contributed by atoms with Gasteiger partial charge in [0.15, 0.2) is 0 Å². The molecule has 3 aromatic rings. The van der Waals surface area contributed by atoms with E-state index in [9.17, 15) is 17.6 Å². The Morgan fingerprint density at radius 1 is 1.10 bits per heavy atom. The molecule has 1 N–H and O–H groups in total. The van der Waals surface area contributed by atoms with Crippen LogP contribution in [0.5, 0.6) is 0 Å². The Balaban J connectivity index is 1.87.